The van der Waals surface area contributed by atoms with Crippen LogP contribution >= 0.6 is 7.52 Å². The topological polar surface area (TPSA) is 108 Å². The zero-order valence-electron chi connectivity index (χ0n) is 14.4. The lowest BCUT2D eigenvalue weighted by Crippen LogP contribution is -2.00. The Hall–Kier alpha value is -2.74. The summed E-state index contributed by atoms with van der Waals surface area (Å²) in [5.74, 6) is 0.462. The molecule has 27 heavy (non-hydrogen) atoms. The predicted octanol–water partition coefficient (Wildman–Crippen LogP) is 4.18. The predicted molar refractivity (Wildman–Crippen MR) is 97.1 cm³/mol. The SMILES string of the molecule is CP(=O)(OCc1ccc([N+](=O)[O-])c(Oc2ccc3ocnc3c2)c1)N1CC1. The quantitative estimate of drug-likeness (QED) is 0.256. The molecule has 1 aliphatic rings. The van der Waals surface area contributed by atoms with Crippen LogP contribution in [0.4, 0.5) is 5.69 Å². The molecule has 1 fully saturated rings. The summed E-state index contributed by atoms with van der Waals surface area (Å²) >= 11 is 0. The van der Waals surface area contributed by atoms with Crippen LogP contribution in [0.2, 0.25) is 0 Å². The van der Waals surface area contributed by atoms with Crippen LogP contribution < -0.4 is 4.74 Å². The molecule has 0 saturated carbocycles. The standard InChI is InChI=1S/C17H16N3O6P/c1-27(23,19-6-7-19)25-10-12-2-4-15(20(21)22)17(8-12)26-13-3-5-16-14(9-13)18-11-24-16/h2-5,8-9,11H,6-7,10H2,1H3. The van der Waals surface area contributed by atoms with E-state index in [9.17, 15) is 14.7 Å². The Morgan fingerprint density at radius 3 is 2.85 bits per heavy atom. The van der Waals surface area contributed by atoms with Crippen molar-refractivity contribution < 1.29 is 23.2 Å². The molecule has 10 heteroatoms. The van der Waals surface area contributed by atoms with Gasteiger partial charge >= 0.3 is 5.69 Å². The van der Waals surface area contributed by atoms with Gasteiger partial charge in [0.1, 0.15) is 11.3 Å². The second-order valence-corrected chi connectivity index (χ2v) is 8.60. The van der Waals surface area contributed by atoms with Gasteiger partial charge in [-0.2, -0.15) is 0 Å². The maximum Gasteiger partial charge on any atom is 0.311 e. The maximum atomic E-state index is 12.3. The highest BCUT2D eigenvalue weighted by molar-refractivity contribution is 7.55. The van der Waals surface area contributed by atoms with Crippen molar-refractivity contribution >= 4 is 24.3 Å². The van der Waals surface area contributed by atoms with Gasteiger partial charge in [0.05, 0.1) is 11.5 Å². The van der Waals surface area contributed by atoms with Gasteiger partial charge in [0.2, 0.25) is 5.75 Å². The first-order chi connectivity index (χ1) is 12.9. The molecule has 2 heterocycles. The van der Waals surface area contributed by atoms with Crippen molar-refractivity contribution in [3.63, 3.8) is 0 Å². The van der Waals surface area contributed by atoms with Gasteiger partial charge in [-0.15, -0.1) is 0 Å². The molecule has 0 radical (unpaired) electrons. The van der Waals surface area contributed by atoms with E-state index in [1.165, 1.54) is 18.5 Å². The molecule has 140 valence electrons. The van der Waals surface area contributed by atoms with E-state index < -0.39 is 12.4 Å². The summed E-state index contributed by atoms with van der Waals surface area (Å²) in [7, 11) is -2.81. The van der Waals surface area contributed by atoms with E-state index in [1.54, 1.807) is 35.6 Å². The van der Waals surface area contributed by atoms with Crippen LogP contribution in [-0.4, -0.2) is 34.3 Å². The fourth-order valence-corrected chi connectivity index (χ4v) is 3.96. The highest BCUT2D eigenvalue weighted by Crippen LogP contribution is 2.51. The minimum absolute atomic E-state index is 0.0704. The van der Waals surface area contributed by atoms with Crippen LogP contribution in [0.25, 0.3) is 11.1 Å². The number of ether oxygens (including phenoxy) is 1. The lowest BCUT2D eigenvalue weighted by molar-refractivity contribution is -0.385. The molecule has 2 aromatic carbocycles. The van der Waals surface area contributed by atoms with E-state index >= 15 is 0 Å². The van der Waals surface area contributed by atoms with E-state index in [-0.39, 0.29) is 18.0 Å². The average Bonchev–Trinajstić information content (AvgIpc) is 3.40. The molecule has 4 rings (SSSR count). The van der Waals surface area contributed by atoms with E-state index in [2.05, 4.69) is 4.98 Å². The fourth-order valence-electron chi connectivity index (χ4n) is 2.59. The third kappa shape index (κ3) is 3.85. The smallest absolute Gasteiger partial charge is 0.311 e. The molecule has 0 aliphatic carbocycles. The molecular weight excluding hydrogens is 373 g/mol. The third-order valence-electron chi connectivity index (χ3n) is 4.16. The van der Waals surface area contributed by atoms with Gasteiger partial charge in [-0.1, -0.05) is 0 Å². The van der Waals surface area contributed by atoms with Crippen LogP contribution in [-0.2, 0) is 15.7 Å². The van der Waals surface area contributed by atoms with Crippen molar-refractivity contribution in [2.75, 3.05) is 19.8 Å². The number of aromatic nitrogens is 1. The van der Waals surface area contributed by atoms with Gasteiger partial charge in [0.15, 0.2) is 12.0 Å². The second kappa shape index (κ2) is 6.77. The highest BCUT2D eigenvalue weighted by atomic mass is 31.2. The van der Waals surface area contributed by atoms with Crippen molar-refractivity contribution in [3.05, 3.63) is 58.5 Å². The summed E-state index contributed by atoms with van der Waals surface area (Å²) in [6.45, 7) is 3.15. The molecule has 9 nitrogen and oxygen atoms in total. The lowest BCUT2D eigenvalue weighted by atomic mass is 10.2. The maximum absolute atomic E-state index is 12.3. The molecule has 1 unspecified atom stereocenters. The van der Waals surface area contributed by atoms with Gasteiger partial charge in [-0.25, -0.2) is 9.65 Å². The highest BCUT2D eigenvalue weighted by Gasteiger charge is 2.34. The summed E-state index contributed by atoms with van der Waals surface area (Å²) < 4.78 is 30.5. The number of nitro groups is 1. The minimum Gasteiger partial charge on any atom is -0.450 e. The summed E-state index contributed by atoms with van der Waals surface area (Å²) in [4.78, 5) is 14.8. The number of benzene rings is 2. The first-order valence-electron chi connectivity index (χ1n) is 8.18. The second-order valence-electron chi connectivity index (χ2n) is 6.17. The Bertz CT molecular complexity index is 1060. The molecule has 1 aromatic heterocycles. The fraction of sp³-hybridized carbons (Fsp3) is 0.235. The molecular formula is C17H16N3O6P. The summed E-state index contributed by atoms with van der Waals surface area (Å²) in [5, 5.41) is 11.3. The number of hydrogen-bond donors (Lipinski definition) is 0. The van der Waals surface area contributed by atoms with Gasteiger partial charge < -0.3 is 13.7 Å². The van der Waals surface area contributed by atoms with Crippen molar-refractivity contribution in [3.8, 4) is 11.5 Å². The van der Waals surface area contributed by atoms with E-state index in [4.69, 9.17) is 13.7 Å². The number of fused-ring (bicyclic) bond motifs is 1. The number of rotatable bonds is 7. The van der Waals surface area contributed by atoms with Gasteiger partial charge in [0.25, 0.3) is 7.52 Å². The minimum atomic E-state index is -2.81. The summed E-state index contributed by atoms with van der Waals surface area (Å²) in [6.07, 6.45) is 1.31. The monoisotopic (exact) mass is 389 g/mol. The van der Waals surface area contributed by atoms with Crippen LogP contribution in [0.15, 0.2) is 47.2 Å². The number of nitro benzene ring substituents is 1. The van der Waals surface area contributed by atoms with E-state index in [0.29, 0.717) is 22.4 Å². The molecule has 0 spiro atoms. The lowest BCUT2D eigenvalue weighted by Gasteiger charge is -2.14. The molecule has 1 atom stereocenters. The van der Waals surface area contributed by atoms with Crippen LogP contribution in [0.3, 0.4) is 0 Å². The molecule has 1 saturated heterocycles. The first-order valence-corrected chi connectivity index (χ1v) is 10.2. The van der Waals surface area contributed by atoms with Crippen molar-refractivity contribution in [1.29, 1.82) is 0 Å². The van der Waals surface area contributed by atoms with Crippen molar-refractivity contribution in [2.24, 2.45) is 0 Å². The van der Waals surface area contributed by atoms with Crippen LogP contribution in [0, 0.1) is 10.1 Å². The number of hydrogen-bond acceptors (Lipinski definition) is 7. The number of nitrogens with zero attached hydrogens (tertiary/aromatic N) is 3. The first kappa shape index (κ1) is 17.7. The molecule has 0 N–H and O–H groups in total. The molecule has 1 aliphatic heterocycles. The van der Waals surface area contributed by atoms with E-state index in [0.717, 1.165) is 13.1 Å². The Morgan fingerprint density at radius 1 is 1.30 bits per heavy atom. The van der Waals surface area contributed by atoms with Crippen LogP contribution in [0.1, 0.15) is 5.56 Å². The summed E-state index contributed by atoms with van der Waals surface area (Å²) in [6, 6.07) is 9.38. The Balaban J connectivity index is 1.58. The average molecular weight is 389 g/mol. The third-order valence-corrected chi connectivity index (χ3v) is 6.19. The molecule has 0 bridgehead atoms. The normalized spacial score (nSPS) is 16.2. The molecule has 0 amide bonds. The number of oxazole rings is 1. The van der Waals surface area contributed by atoms with Crippen LogP contribution in [0.5, 0.6) is 11.5 Å². The van der Waals surface area contributed by atoms with Gasteiger partial charge in [0, 0.05) is 31.9 Å². The Labute approximate surface area is 154 Å². The summed E-state index contributed by atoms with van der Waals surface area (Å²) in [5.41, 5.74) is 1.62. The van der Waals surface area contributed by atoms with Crippen molar-refractivity contribution in [2.45, 2.75) is 6.61 Å². The molecule has 3 aromatic rings. The largest absolute Gasteiger partial charge is 0.450 e. The van der Waals surface area contributed by atoms with Crippen molar-refractivity contribution in [1.82, 2.24) is 9.65 Å². The van der Waals surface area contributed by atoms with Gasteiger partial charge in [-0.3, -0.25) is 14.7 Å². The zero-order chi connectivity index (χ0) is 19.0. The Morgan fingerprint density at radius 2 is 2.11 bits per heavy atom. The Kier molecular flexibility index (Phi) is 4.43. The van der Waals surface area contributed by atoms with Gasteiger partial charge in [-0.05, 0) is 29.8 Å². The van der Waals surface area contributed by atoms with E-state index in [1.807, 2.05) is 0 Å². The zero-order valence-corrected chi connectivity index (χ0v) is 15.3.